The summed E-state index contributed by atoms with van der Waals surface area (Å²) in [6.07, 6.45) is 3.20. The summed E-state index contributed by atoms with van der Waals surface area (Å²) in [5, 5.41) is 26.2. The van der Waals surface area contributed by atoms with Gasteiger partial charge in [0.1, 0.15) is 34.9 Å². The molecule has 3 aromatic heterocycles. The molecule has 2 aromatic carbocycles. The maximum atomic E-state index is 13.7. The lowest BCUT2D eigenvalue weighted by atomic mass is 9.82. The number of amides is 2. The van der Waals surface area contributed by atoms with E-state index in [0.29, 0.717) is 50.5 Å². The Morgan fingerprint density at radius 2 is 1.89 bits per heavy atom. The highest BCUT2D eigenvalue weighted by molar-refractivity contribution is 6.02. The van der Waals surface area contributed by atoms with E-state index in [0.717, 1.165) is 0 Å². The number of carbonyl (C=O) groups is 2. The van der Waals surface area contributed by atoms with Crippen LogP contribution in [0.4, 0.5) is 15.9 Å². The van der Waals surface area contributed by atoms with Crippen molar-refractivity contribution in [1.82, 2.24) is 25.5 Å². The predicted octanol–water partition coefficient (Wildman–Crippen LogP) is 3.74. The van der Waals surface area contributed by atoms with Gasteiger partial charge in [-0.05, 0) is 74.5 Å². The number of benzene rings is 2. The number of anilines is 2. The van der Waals surface area contributed by atoms with Gasteiger partial charge in [-0.25, -0.2) is 9.37 Å². The first-order valence-corrected chi connectivity index (χ1v) is 13.7. The van der Waals surface area contributed by atoms with E-state index >= 15 is 0 Å². The first-order chi connectivity index (χ1) is 21.0. The Morgan fingerprint density at radius 3 is 2.61 bits per heavy atom. The molecule has 44 heavy (non-hydrogen) atoms. The molecule has 5 aromatic rings. The topological polar surface area (TPSA) is 165 Å². The summed E-state index contributed by atoms with van der Waals surface area (Å²) in [6.45, 7) is 2.90. The van der Waals surface area contributed by atoms with Gasteiger partial charge in [-0.3, -0.25) is 14.6 Å². The van der Waals surface area contributed by atoms with Crippen LogP contribution in [-0.4, -0.2) is 50.2 Å². The number of ether oxygens (including phenoxy) is 1. The maximum Gasteiger partial charge on any atom is 0.251 e. The minimum Gasteiger partial charge on any atom is -0.489 e. The first kappa shape index (κ1) is 28.6. The molecule has 12 heteroatoms. The van der Waals surface area contributed by atoms with E-state index in [2.05, 4.69) is 30.8 Å². The second-order valence-corrected chi connectivity index (χ2v) is 11.0. The van der Waals surface area contributed by atoms with Gasteiger partial charge in [-0.2, -0.15) is 5.10 Å². The van der Waals surface area contributed by atoms with Crippen molar-refractivity contribution in [2.75, 3.05) is 18.5 Å². The summed E-state index contributed by atoms with van der Waals surface area (Å²) in [5.41, 5.74) is 5.82. The standard InChI is InChI=1S/C32H28FN7O4/c1-31(30(34)42)17-44-28-22(31)15-24(39-27(28)18-7-9-21(33)10-8-18)32(2,43)16-36-29(41)20-13-19-5-3-11-35-26(19)23(14-20)38-25-6-4-12-37-40-25/h3-15,43H,16-17H2,1-2H3,(H2,34,42)(H,36,41)(H,38,40)/t31-,32-/m0/s1. The number of halogens is 1. The lowest BCUT2D eigenvalue weighted by Gasteiger charge is -2.26. The molecule has 0 unspecified atom stereocenters. The van der Waals surface area contributed by atoms with Crippen LogP contribution >= 0.6 is 0 Å². The second kappa shape index (κ2) is 11.0. The molecule has 0 aliphatic carbocycles. The second-order valence-electron chi connectivity index (χ2n) is 11.0. The van der Waals surface area contributed by atoms with Gasteiger partial charge in [0.2, 0.25) is 5.91 Å². The van der Waals surface area contributed by atoms with Crippen LogP contribution < -0.4 is 21.1 Å². The van der Waals surface area contributed by atoms with Crippen LogP contribution in [0.15, 0.2) is 79.1 Å². The molecule has 222 valence electrons. The Morgan fingerprint density at radius 1 is 1.11 bits per heavy atom. The molecule has 0 bridgehead atoms. The van der Waals surface area contributed by atoms with Gasteiger partial charge in [-0.15, -0.1) is 5.10 Å². The smallest absolute Gasteiger partial charge is 0.251 e. The normalized spacial score (nSPS) is 16.9. The van der Waals surface area contributed by atoms with Gasteiger partial charge < -0.3 is 26.2 Å². The third kappa shape index (κ3) is 5.26. The van der Waals surface area contributed by atoms with E-state index in [1.165, 1.54) is 31.2 Å². The van der Waals surface area contributed by atoms with Crippen LogP contribution in [0.5, 0.6) is 5.75 Å². The minimum absolute atomic E-state index is 0.0162. The zero-order chi connectivity index (χ0) is 31.1. The van der Waals surface area contributed by atoms with Crippen molar-refractivity contribution in [3.8, 4) is 17.0 Å². The van der Waals surface area contributed by atoms with Crippen molar-refractivity contribution in [2.45, 2.75) is 24.9 Å². The molecular weight excluding hydrogens is 565 g/mol. The van der Waals surface area contributed by atoms with Crippen LogP contribution in [0, 0.1) is 5.82 Å². The van der Waals surface area contributed by atoms with Gasteiger partial charge in [0.15, 0.2) is 5.82 Å². The number of pyridine rings is 2. The highest BCUT2D eigenvalue weighted by Gasteiger charge is 2.45. The molecule has 0 saturated carbocycles. The number of aliphatic hydroxyl groups is 1. The van der Waals surface area contributed by atoms with Crippen LogP contribution in [0.25, 0.3) is 22.2 Å². The number of nitrogens with one attached hydrogen (secondary N) is 2. The van der Waals surface area contributed by atoms with Crippen molar-refractivity contribution in [2.24, 2.45) is 5.73 Å². The monoisotopic (exact) mass is 593 g/mol. The van der Waals surface area contributed by atoms with Crippen molar-refractivity contribution < 1.29 is 23.8 Å². The van der Waals surface area contributed by atoms with Gasteiger partial charge in [0.05, 0.1) is 23.4 Å². The molecule has 11 nitrogen and oxygen atoms in total. The van der Waals surface area contributed by atoms with Crippen molar-refractivity contribution in [3.63, 3.8) is 0 Å². The molecule has 0 spiro atoms. The average Bonchev–Trinajstić information content (AvgIpc) is 3.38. The zero-order valence-electron chi connectivity index (χ0n) is 23.8. The van der Waals surface area contributed by atoms with E-state index in [1.54, 1.807) is 55.7 Å². The van der Waals surface area contributed by atoms with Crippen LogP contribution in [0.3, 0.4) is 0 Å². The highest BCUT2D eigenvalue weighted by atomic mass is 19.1. The van der Waals surface area contributed by atoms with Crippen molar-refractivity contribution >= 4 is 34.2 Å². The lowest BCUT2D eigenvalue weighted by molar-refractivity contribution is -0.123. The van der Waals surface area contributed by atoms with Crippen molar-refractivity contribution in [3.05, 3.63) is 102 Å². The zero-order valence-corrected chi connectivity index (χ0v) is 23.8. The average molecular weight is 594 g/mol. The van der Waals surface area contributed by atoms with Crippen LogP contribution in [-0.2, 0) is 15.8 Å². The summed E-state index contributed by atoms with van der Waals surface area (Å²) in [7, 11) is 0. The number of carbonyl (C=O) groups excluding carboxylic acids is 2. The van der Waals surface area contributed by atoms with E-state index in [-0.39, 0.29) is 18.8 Å². The van der Waals surface area contributed by atoms with Crippen LogP contribution in [0.1, 0.15) is 35.5 Å². The summed E-state index contributed by atoms with van der Waals surface area (Å²) in [6, 6.07) is 17.6. The summed E-state index contributed by atoms with van der Waals surface area (Å²) in [5.74, 6) is -0.689. The van der Waals surface area contributed by atoms with Crippen LogP contribution in [0.2, 0.25) is 0 Å². The summed E-state index contributed by atoms with van der Waals surface area (Å²) < 4.78 is 19.6. The largest absolute Gasteiger partial charge is 0.489 e. The van der Waals surface area contributed by atoms with Gasteiger partial charge in [0.25, 0.3) is 5.91 Å². The number of fused-ring (bicyclic) bond motifs is 2. The third-order valence-corrected chi connectivity index (χ3v) is 7.68. The fourth-order valence-corrected chi connectivity index (χ4v) is 5.04. The van der Waals surface area contributed by atoms with Gasteiger partial charge in [-0.1, -0.05) is 6.07 Å². The fourth-order valence-electron chi connectivity index (χ4n) is 5.04. The molecule has 2 atom stereocenters. The number of primary amides is 1. The number of nitrogens with two attached hydrogens (primary N) is 1. The number of rotatable bonds is 8. The minimum atomic E-state index is -1.69. The first-order valence-electron chi connectivity index (χ1n) is 13.7. The molecule has 0 fully saturated rings. The Balaban J connectivity index is 1.32. The highest BCUT2D eigenvalue weighted by Crippen LogP contribution is 2.45. The van der Waals surface area contributed by atoms with E-state index in [4.69, 9.17) is 10.5 Å². The van der Waals surface area contributed by atoms with E-state index in [9.17, 15) is 19.1 Å². The predicted molar refractivity (Wildman–Crippen MR) is 161 cm³/mol. The Kier molecular flexibility index (Phi) is 7.14. The van der Waals surface area contributed by atoms with E-state index in [1.807, 2.05) is 6.07 Å². The number of hydrogen-bond donors (Lipinski definition) is 4. The molecule has 1 aliphatic rings. The molecule has 6 rings (SSSR count). The molecule has 0 saturated heterocycles. The number of hydrogen-bond acceptors (Lipinski definition) is 9. The molecule has 4 heterocycles. The third-order valence-electron chi connectivity index (χ3n) is 7.68. The molecule has 1 aliphatic heterocycles. The molecule has 0 radical (unpaired) electrons. The lowest BCUT2D eigenvalue weighted by Crippen LogP contribution is -2.41. The summed E-state index contributed by atoms with van der Waals surface area (Å²) >= 11 is 0. The maximum absolute atomic E-state index is 13.7. The Hall–Kier alpha value is -5.49. The van der Waals surface area contributed by atoms with Gasteiger partial charge >= 0.3 is 0 Å². The molecular formula is C32H28FN7O4. The Bertz CT molecular complexity index is 1900. The Labute approximate surface area is 251 Å². The molecule has 2 amide bonds. The van der Waals surface area contributed by atoms with Crippen molar-refractivity contribution in [1.29, 1.82) is 0 Å². The molecule has 5 N–H and O–H groups in total. The number of nitrogens with zero attached hydrogens (tertiary/aromatic N) is 4. The summed E-state index contributed by atoms with van der Waals surface area (Å²) in [4.78, 5) is 35.0. The SMILES string of the molecule is C[C@](O)(CNC(=O)c1cc(Nc2cccnn2)c2ncccc2c1)c1cc2c(c(-c3ccc(F)cc3)n1)OC[C@]2(C)C(N)=O. The fraction of sp³-hybridized carbons (Fsp3) is 0.188. The number of aromatic nitrogens is 4. The van der Waals surface area contributed by atoms with Gasteiger partial charge in [0, 0.05) is 34.5 Å². The van der Waals surface area contributed by atoms with E-state index < -0.39 is 28.6 Å². The quantitative estimate of drug-likeness (QED) is 0.210.